The van der Waals surface area contributed by atoms with Crippen LogP contribution in [-0.4, -0.2) is 29.3 Å². The highest BCUT2D eigenvalue weighted by Crippen LogP contribution is 2.25. The van der Waals surface area contributed by atoms with Gasteiger partial charge in [-0.2, -0.15) is 4.98 Å². The second-order valence-corrected chi connectivity index (χ2v) is 6.47. The normalized spacial score (nSPS) is 11.9. The van der Waals surface area contributed by atoms with E-state index < -0.39 is 11.6 Å². The predicted molar refractivity (Wildman–Crippen MR) is 108 cm³/mol. The highest BCUT2D eigenvalue weighted by Gasteiger charge is 2.13. The molecule has 2 aromatic rings. The van der Waals surface area contributed by atoms with Crippen molar-refractivity contribution in [3.8, 4) is 5.75 Å². The fourth-order valence-corrected chi connectivity index (χ4v) is 2.32. The lowest BCUT2D eigenvalue weighted by Crippen LogP contribution is -2.09. The molecule has 0 aliphatic heterocycles. The first kappa shape index (κ1) is 21.6. The van der Waals surface area contributed by atoms with Crippen LogP contribution in [0.3, 0.4) is 0 Å². The van der Waals surface area contributed by atoms with Crippen LogP contribution < -0.4 is 15.4 Å². The Bertz CT molecular complexity index is 887. The summed E-state index contributed by atoms with van der Waals surface area (Å²) in [5.41, 5.74) is 0.794. The molecule has 150 valence electrons. The Morgan fingerprint density at radius 1 is 1.36 bits per heavy atom. The van der Waals surface area contributed by atoms with Crippen molar-refractivity contribution >= 4 is 29.6 Å². The summed E-state index contributed by atoms with van der Waals surface area (Å²) in [6, 6.07) is 2.22. The van der Waals surface area contributed by atoms with Gasteiger partial charge >= 0.3 is 0 Å². The largest absolute Gasteiger partial charge is 0.494 e. The highest BCUT2D eigenvalue weighted by atomic mass is 35.5. The molecule has 2 rings (SSSR count). The number of nitrogens with zero attached hydrogens (tertiary/aromatic N) is 3. The Morgan fingerprint density at radius 3 is 2.75 bits per heavy atom. The fourth-order valence-electron chi connectivity index (χ4n) is 2.16. The van der Waals surface area contributed by atoms with Gasteiger partial charge in [-0.15, -0.1) is 0 Å². The molecule has 0 saturated carbocycles. The third kappa shape index (κ3) is 5.88. The molecule has 0 unspecified atom stereocenters. The summed E-state index contributed by atoms with van der Waals surface area (Å²) in [5, 5.41) is 6.16. The molecule has 0 radical (unpaired) electrons. The predicted octanol–water partition coefficient (Wildman–Crippen LogP) is 4.82. The zero-order valence-corrected chi connectivity index (χ0v) is 16.8. The number of hydrogen-bond acceptors (Lipinski definition) is 6. The van der Waals surface area contributed by atoms with Crippen LogP contribution in [0.5, 0.6) is 5.75 Å². The second kappa shape index (κ2) is 9.98. The standard InChI is InChI=1S/C19H22ClF2N5O/c1-5-14(9-23-11(2)3)26-19-25-10-15(20)18(27-19)24-8-12-6-13(21)7-16(28-4)17(12)22/h5-7,9-11H,8H2,1-4H3,(H2,24,25,26,27)/b14-5+,23-9?. The average molecular weight is 410 g/mol. The maximum Gasteiger partial charge on any atom is 0.229 e. The molecule has 0 aliphatic rings. The molecule has 9 heteroatoms. The number of rotatable bonds is 8. The summed E-state index contributed by atoms with van der Waals surface area (Å²) in [7, 11) is 1.27. The Hall–Kier alpha value is -2.74. The Labute approximate surface area is 167 Å². The smallest absolute Gasteiger partial charge is 0.229 e. The first-order valence-corrected chi connectivity index (χ1v) is 8.96. The fraction of sp³-hybridized carbons (Fsp3) is 0.316. The number of nitrogens with one attached hydrogen (secondary N) is 2. The van der Waals surface area contributed by atoms with E-state index in [1.165, 1.54) is 13.3 Å². The van der Waals surface area contributed by atoms with Crippen LogP contribution >= 0.6 is 11.6 Å². The third-order valence-corrected chi connectivity index (χ3v) is 3.85. The van der Waals surface area contributed by atoms with Crippen molar-refractivity contribution in [2.75, 3.05) is 17.7 Å². The quantitative estimate of drug-likeness (QED) is 0.611. The van der Waals surface area contributed by atoms with E-state index in [2.05, 4.69) is 25.6 Å². The van der Waals surface area contributed by atoms with Gasteiger partial charge in [0.1, 0.15) is 10.8 Å². The van der Waals surface area contributed by atoms with E-state index in [1.807, 2.05) is 26.8 Å². The number of hydrogen-bond donors (Lipinski definition) is 2. The monoisotopic (exact) mass is 409 g/mol. The molecule has 0 bridgehead atoms. The highest BCUT2D eigenvalue weighted by molar-refractivity contribution is 6.32. The van der Waals surface area contributed by atoms with Gasteiger partial charge < -0.3 is 15.4 Å². The minimum absolute atomic E-state index is 0.0403. The summed E-state index contributed by atoms with van der Waals surface area (Å²) < 4.78 is 32.7. The van der Waals surface area contributed by atoms with Crippen molar-refractivity contribution < 1.29 is 13.5 Å². The van der Waals surface area contributed by atoms with Crippen molar-refractivity contribution in [1.29, 1.82) is 0 Å². The van der Waals surface area contributed by atoms with Crippen molar-refractivity contribution in [1.82, 2.24) is 9.97 Å². The lowest BCUT2D eigenvalue weighted by molar-refractivity contribution is 0.380. The van der Waals surface area contributed by atoms with Crippen LogP contribution in [0, 0.1) is 11.6 Å². The van der Waals surface area contributed by atoms with Gasteiger partial charge in [0.15, 0.2) is 17.4 Å². The van der Waals surface area contributed by atoms with Crippen molar-refractivity contribution in [3.05, 3.63) is 52.3 Å². The Kier molecular flexibility index (Phi) is 7.69. The SMILES string of the molecule is C/C=C(\C=NC(C)C)Nc1ncc(Cl)c(NCc2cc(F)cc(OC)c2F)n1. The molecule has 0 aliphatic carbocycles. The minimum atomic E-state index is -0.652. The number of anilines is 2. The van der Waals surface area contributed by atoms with E-state index in [0.717, 1.165) is 12.1 Å². The van der Waals surface area contributed by atoms with Crippen LogP contribution in [0.2, 0.25) is 5.02 Å². The molecule has 1 heterocycles. The van der Waals surface area contributed by atoms with E-state index in [1.54, 1.807) is 6.21 Å². The summed E-state index contributed by atoms with van der Waals surface area (Å²) in [5.74, 6) is -0.866. The summed E-state index contributed by atoms with van der Waals surface area (Å²) >= 11 is 6.12. The molecule has 6 nitrogen and oxygen atoms in total. The third-order valence-electron chi connectivity index (χ3n) is 3.57. The number of allylic oxidation sites excluding steroid dienone is 2. The molecular formula is C19H22ClF2N5O. The number of benzene rings is 1. The van der Waals surface area contributed by atoms with Gasteiger partial charge in [0.05, 0.1) is 19.0 Å². The maximum absolute atomic E-state index is 14.3. The van der Waals surface area contributed by atoms with Crippen molar-refractivity contribution in [2.45, 2.75) is 33.4 Å². The van der Waals surface area contributed by atoms with Crippen molar-refractivity contribution in [2.24, 2.45) is 4.99 Å². The van der Waals surface area contributed by atoms with E-state index in [-0.39, 0.29) is 40.7 Å². The molecule has 0 fully saturated rings. The molecule has 0 atom stereocenters. The van der Waals surface area contributed by atoms with Gasteiger partial charge in [0.2, 0.25) is 5.95 Å². The van der Waals surface area contributed by atoms with Crippen LogP contribution in [0.25, 0.3) is 0 Å². The zero-order valence-electron chi connectivity index (χ0n) is 16.1. The first-order chi connectivity index (χ1) is 13.3. The number of halogens is 3. The molecule has 2 N–H and O–H groups in total. The summed E-state index contributed by atoms with van der Waals surface area (Å²) in [4.78, 5) is 12.7. The Balaban J connectivity index is 2.17. The molecule has 0 spiro atoms. The van der Waals surface area contributed by atoms with Crippen LogP contribution in [-0.2, 0) is 6.54 Å². The van der Waals surface area contributed by atoms with Crippen LogP contribution in [0.1, 0.15) is 26.3 Å². The van der Waals surface area contributed by atoms with E-state index in [9.17, 15) is 8.78 Å². The molecule has 28 heavy (non-hydrogen) atoms. The number of methoxy groups -OCH3 is 1. The minimum Gasteiger partial charge on any atom is -0.494 e. The van der Waals surface area contributed by atoms with E-state index in [4.69, 9.17) is 16.3 Å². The maximum atomic E-state index is 14.3. The van der Waals surface area contributed by atoms with Crippen molar-refractivity contribution in [3.63, 3.8) is 0 Å². The van der Waals surface area contributed by atoms with Crippen LogP contribution in [0.4, 0.5) is 20.5 Å². The summed E-state index contributed by atoms with van der Waals surface area (Å²) in [6.45, 7) is 5.74. The van der Waals surface area contributed by atoms with Gasteiger partial charge in [0, 0.05) is 30.4 Å². The summed E-state index contributed by atoms with van der Waals surface area (Å²) in [6.07, 6.45) is 4.92. The lowest BCUT2D eigenvalue weighted by Gasteiger charge is -2.12. The molecule has 1 aromatic heterocycles. The van der Waals surface area contributed by atoms with E-state index in [0.29, 0.717) is 5.70 Å². The number of ether oxygens (including phenoxy) is 1. The molecular weight excluding hydrogens is 388 g/mol. The zero-order chi connectivity index (χ0) is 20.7. The number of aliphatic imine (C=N–C) groups is 1. The molecule has 0 saturated heterocycles. The van der Waals surface area contributed by atoms with Gasteiger partial charge in [-0.25, -0.2) is 13.8 Å². The van der Waals surface area contributed by atoms with Crippen LogP contribution in [0.15, 0.2) is 35.1 Å². The molecule has 1 aromatic carbocycles. The van der Waals surface area contributed by atoms with Gasteiger partial charge in [-0.1, -0.05) is 17.7 Å². The van der Waals surface area contributed by atoms with Gasteiger partial charge in [0.25, 0.3) is 0 Å². The molecule has 0 amide bonds. The topological polar surface area (TPSA) is 71.4 Å². The first-order valence-electron chi connectivity index (χ1n) is 8.58. The average Bonchev–Trinajstić information content (AvgIpc) is 2.67. The van der Waals surface area contributed by atoms with E-state index >= 15 is 0 Å². The number of aromatic nitrogens is 2. The van der Waals surface area contributed by atoms with Gasteiger partial charge in [-0.05, 0) is 26.8 Å². The Morgan fingerprint density at radius 2 is 2.11 bits per heavy atom. The second-order valence-electron chi connectivity index (χ2n) is 6.07. The van der Waals surface area contributed by atoms with Gasteiger partial charge in [-0.3, -0.25) is 4.99 Å². The lowest BCUT2D eigenvalue weighted by atomic mass is 10.2.